The van der Waals surface area contributed by atoms with Crippen LogP contribution in [0.25, 0.3) is 0 Å². The summed E-state index contributed by atoms with van der Waals surface area (Å²) in [4.78, 5) is 0. The number of allylic oxidation sites excluding steroid dienone is 3. The molecule has 1 nitrogen and oxygen atoms in total. The van der Waals surface area contributed by atoms with E-state index in [0.29, 0.717) is 0 Å². The van der Waals surface area contributed by atoms with Crippen molar-refractivity contribution < 1.29 is 5.11 Å². The Kier molecular flexibility index (Phi) is 18.0. The van der Waals surface area contributed by atoms with Crippen molar-refractivity contribution in [2.75, 3.05) is 0 Å². The van der Waals surface area contributed by atoms with Gasteiger partial charge in [0.05, 0.1) is 0 Å². The zero-order valence-electron chi connectivity index (χ0n) is 18.7. The first-order chi connectivity index (χ1) is 13.0. The Morgan fingerprint density at radius 3 is 1.63 bits per heavy atom. The molecule has 2 heteroatoms. The average Bonchev–Trinajstić information content (AvgIpc) is 2.62. The maximum Gasteiger partial charge on any atom is 0.132 e. The summed E-state index contributed by atoms with van der Waals surface area (Å²) in [5.41, 5.74) is 3.21. The summed E-state index contributed by atoms with van der Waals surface area (Å²) < 4.78 is 0. The lowest BCUT2D eigenvalue weighted by atomic mass is 10.1. The molecule has 0 aliphatic rings. The second kappa shape index (κ2) is 18.6. The van der Waals surface area contributed by atoms with Crippen molar-refractivity contribution in [1.82, 2.24) is 0 Å². The number of unbranched alkanes of at least 4 members (excludes halogenated alkanes) is 12. The van der Waals surface area contributed by atoms with Crippen molar-refractivity contribution in [1.29, 1.82) is 0 Å². The maximum absolute atomic E-state index is 9.80. The van der Waals surface area contributed by atoms with Crippen LogP contribution in [0, 0.1) is 11.5 Å². The first-order valence-electron chi connectivity index (χ1n) is 11.5. The summed E-state index contributed by atoms with van der Waals surface area (Å²) in [6.07, 6.45) is 26.6. The molecule has 0 amide bonds. The molecule has 0 fully saturated rings. The zero-order valence-corrected chi connectivity index (χ0v) is 19.7. The fraction of sp³-hybridized carbons (Fsp3) is 0.760. The molecular formula is C25H46OSi. The van der Waals surface area contributed by atoms with Crippen molar-refractivity contribution >= 4 is 8.07 Å². The highest BCUT2D eigenvalue weighted by Crippen LogP contribution is 2.11. The smallest absolute Gasteiger partial charge is 0.132 e. The Bertz CT molecular complexity index is 433. The molecule has 0 aliphatic carbocycles. The highest BCUT2D eigenvalue weighted by molar-refractivity contribution is 6.83. The van der Waals surface area contributed by atoms with Crippen LogP contribution < -0.4 is 0 Å². The van der Waals surface area contributed by atoms with E-state index < -0.39 is 14.2 Å². The van der Waals surface area contributed by atoms with E-state index in [2.05, 4.69) is 56.3 Å². The van der Waals surface area contributed by atoms with Crippen LogP contribution in [0.15, 0.2) is 24.3 Å². The van der Waals surface area contributed by atoms with Crippen molar-refractivity contribution in [3.05, 3.63) is 24.3 Å². The lowest BCUT2D eigenvalue weighted by Crippen LogP contribution is -2.17. The van der Waals surface area contributed by atoms with Crippen molar-refractivity contribution in [3.63, 3.8) is 0 Å². The summed E-state index contributed by atoms with van der Waals surface area (Å²) in [6.45, 7) is 8.86. The van der Waals surface area contributed by atoms with Crippen LogP contribution in [0.4, 0.5) is 0 Å². The molecular weight excluding hydrogens is 344 g/mol. The van der Waals surface area contributed by atoms with E-state index >= 15 is 0 Å². The zero-order chi connectivity index (χ0) is 20.2. The van der Waals surface area contributed by atoms with Gasteiger partial charge in [-0.1, -0.05) is 102 Å². The van der Waals surface area contributed by atoms with E-state index in [0.717, 1.165) is 6.42 Å². The third-order valence-electron chi connectivity index (χ3n) is 4.55. The normalized spacial score (nSPS) is 13.2. The molecule has 0 rings (SSSR count). The standard InChI is InChI=1S/C25H46OSi/c1-5-6-7-8-9-10-11-12-13-14-15-16-17-18-19-20-21-22-25(26)23-24-27(2,3)4/h10-11,21-22,25-26H,5-9,12-20H2,1-4H3/b11-10-,22-21+. The molecule has 0 aromatic rings. The highest BCUT2D eigenvalue weighted by Gasteiger charge is 2.07. The van der Waals surface area contributed by atoms with Crippen LogP contribution in [0.3, 0.4) is 0 Å². The predicted molar refractivity (Wildman–Crippen MR) is 126 cm³/mol. The number of hydrogen-bond acceptors (Lipinski definition) is 1. The van der Waals surface area contributed by atoms with Gasteiger partial charge >= 0.3 is 0 Å². The van der Waals surface area contributed by atoms with Crippen LogP contribution in [-0.2, 0) is 0 Å². The van der Waals surface area contributed by atoms with Gasteiger partial charge in [-0.15, -0.1) is 5.54 Å². The van der Waals surface area contributed by atoms with Crippen molar-refractivity contribution in [2.45, 2.75) is 123 Å². The van der Waals surface area contributed by atoms with Crippen LogP contribution in [-0.4, -0.2) is 19.3 Å². The summed E-state index contributed by atoms with van der Waals surface area (Å²) >= 11 is 0. The summed E-state index contributed by atoms with van der Waals surface area (Å²) in [7, 11) is -1.37. The number of aliphatic hydroxyl groups is 1. The molecule has 27 heavy (non-hydrogen) atoms. The summed E-state index contributed by atoms with van der Waals surface area (Å²) in [5.74, 6) is 2.95. The molecule has 156 valence electrons. The van der Waals surface area contributed by atoms with Gasteiger partial charge in [-0.2, -0.15) is 0 Å². The molecule has 0 bridgehead atoms. The van der Waals surface area contributed by atoms with Gasteiger partial charge in [0, 0.05) is 0 Å². The SMILES string of the molecule is CCCCCC/C=C\CCCCCCCCC/C=C/C(O)C#C[Si](C)(C)C. The Morgan fingerprint density at radius 2 is 1.15 bits per heavy atom. The monoisotopic (exact) mass is 390 g/mol. The lowest BCUT2D eigenvalue weighted by Gasteiger charge is -2.04. The van der Waals surface area contributed by atoms with Crippen molar-refractivity contribution in [3.8, 4) is 11.5 Å². The average molecular weight is 391 g/mol. The molecule has 0 heterocycles. The van der Waals surface area contributed by atoms with Crippen LogP contribution in [0.2, 0.25) is 19.6 Å². The van der Waals surface area contributed by atoms with E-state index in [1.54, 1.807) is 0 Å². The number of aliphatic hydroxyl groups excluding tert-OH is 1. The minimum Gasteiger partial charge on any atom is -0.377 e. The molecule has 1 N–H and O–H groups in total. The quantitative estimate of drug-likeness (QED) is 0.123. The van der Waals surface area contributed by atoms with Gasteiger partial charge in [-0.25, -0.2) is 0 Å². The second-order valence-corrected chi connectivity index (χ2v) is 13.5. The molecule has 0 aromatic heterocycles. The Hall–Kier alpha value is -0.783. The molecule has 0 radical (unpaired) electrons. The predicted octanol–water partition coefficient (Wildman–Crippen LogP) is 7.82. The van der Waals surface area contributed by atoms with Gasteiger partial charge in [-0.05, 0) is 44.6 Å². The fourth-order valence-electron chi connectivity index (χ4n) is 2.90. The van der Waals surface area contributed by atoms with Gasteiger partial charge in [0.1, 0.15) is 14.2 Å². The fourth-order valence-corrected chi connectivity index (χ4v) is 3.48. The number of hydrogen-bond donors (Lipinski definition) is 1. The lowest BCUT2D eigenvalue weighted by molar-refractivity contribution is 0.280. The molecule has 1 atom stereocenters. The Morgan fingerprint density at radius 1 is 0.704 bits per heavy atom. The Balaban J connectivity index is 3.37. The van der Waals surface area contributed by atoms with Crippen molar-refractivity contribution in [2.24, 2.45) is 0 Å². The van der Waals surface area contributed by atoms with Gasteiger partial charge in [-0.3, -0.25) is 0 Å². The topological polar surface area (TPSA) is 20.2 Å². The van der Waals surface area contributed by atoms with E-state index in [4.69, 9.17) is 0 Å². The molecule has 0 aromatic carbocycles. The second-order valence-electron chi connectivity index (χ2n) is 8.77. The summed E-state index contributed by atoms with van der Waals surface area (Å²) in [5, 5.41) is 9.80. The van der Waals surface area contributed by atoms with E-state index in [1.165, 1.54) is 83.5 Å². The molecule has 0 aliphatic heterocycles. The first-order valence-corrected chi connectivity index (χ1v) is 15.0. The maximum atomic E-state index is 9.80. The van der Waals surface area contributed by atoms with Gasteiger partial charge in [0.25, 0.3) is 0 Å². The Labute approximate surface area is 171 Å². The van der Waals surface area contributed by atoms with Gasteiger partial charge < -0.3 is 5.11 Å². The minimum absolute atomic E-state index is 0.581. The minimum atomic E-state index is -1.37. The summed E-state index contributed by atoms with van der Waals surface area (Å²) in [6, 6.07) is 0. The van der Waals surface area contributed by atoms with Gasteiger partial charge in [0.15, 0.2) is 0 Å². The first kappa shape index (κ1) is 26.2. The third-order valence-corrected chi connectivity index (χ3v) is 5.44. The van der Waals surface area contributed by atoms with E-state index in [-0.39, 0.29) is 0 Å². The van der Waals surface area contributed by atoms with E-state index in [1.807, 2.05) is 6.08 Å². The highest BCUT2D eigenvalue weighted by atomic mass is 28.3. The molecule has 1 unspecified atom stereocenters. The van der Waals surface area contributed by atoms with Crippen LogP contribution >= 0.6 is 0 Å². The van der Waals surface area contributed by atoms with Crippen LogP contribution in [0.5, 0.6) is 0 Å². The third kappa shape index (κ3) is 23.2. The van der Waals surface area contributed by atoms with Gasteiger partial charge in [0.2, 0.25) is 0 Å². The van der Waals surface area contributed by atoms with E-state index in [9.17, 15) is 5.11 Å². The largest absolute Gasteiger partial charge is 0.377 e. The van der Waals surface area contributed by atoms with Crippen LogP contribution in [0.1, 0.15) is 96.8 Å². The molecule has 0 saturated carbocycles. The molecule has 0 spiro atoms. The number of rotatable bonds is 16. The molecule has 0 saturated heterocycles.